The van der Waals surface area contributed by atoms with E-state index < -0.39 is 0 Å². The number of nitrogens with zero attached hydrogens (tertiary/aromatic N) is 2. The van der Waals surface area contributed by atoms with Crippen LogP contribution < -0.4 is 5.32 Å². The van der Waals surface area contributed by atoms with Crippen LogP contribution in [0.4, 0.5) is 0 Å². The third-order valence-corrected chi connectivity index (χ3v) is 4.61. The number of aromatic nitrogens is 1. The van der Waals surface area contributed by atoms with Crippen LogP contribution in [0, 0.1) is 0 Å². The molecule has 0 fully saturated rings. The van der Waals surface area contributed by atoms with Gasteiger partial charge in [-0.3, -0.25) is 4.90 Å². The van der Waals surface area contributed by atoms with Crippen molar-refractivity contribution in [1.82, 2.24) is 15.2 Å². The van der Waals surface area contributed by atoms with Gasteiger partial charge in [0.15, 0.2) is 0 Å². The van der Waals surface area contributed by atoms with E-state index in [1.807, 2.05) is 0 Å². The fraction of sp³-hybridized carbons (Fsp3) is 0.812. The summed E-state index contributed by atoms with van der Waals surface area (Å²) < 4.78 is 5.25. The zero-order chi connectivity index (χ0) is 15.5. The van der Waals surface area contributed by atoms with E-state index in [2.05, 4.69) is 36.4 Å². The Hall–Kier alpha value is -0.490. The number of ether oxygens (including phenoxy) is 1. The molecule has 1 aromatic heterocycles. The molecule has 0 saturated carbocycles. The Kier molecular flexibility index (Phi) is 9.83. The molecule has 0 saturated heterocycles. The van der Waals surface area contributed by atoms with Gasteiger partial charge in [0.1, 0.15) is 5.01 Å². The zero-order valence-electron chi connectivity index (χ0n) is 14.0. The maximum absolute atomic E-state index is 5.25. The second-order valence-corrected chi connectivity index (χ2v) is 6.29. The molecule has 0 radical (unpaired) electrons. The van der Waals surface area contributed by atoms with Crippen LogP contribution >= 0.6 is 11.3 Å². The van der Waals surface area contributed by atoms with Crippen LogP contribution in [0.5, 0.6) is 0 Å². The van der Waals surface area contributed by atoms with Gasteiger partial charge in [-0.25, -0.2) is 4.98 Å². The molecule has 21 heavy (non-hydrogen) atoms. The van der Waals surface area contributed by atoms with Gasteiger partial charge in [-0.2, -0.15) is 0 Å². The minimum atomic E-state index is 0.614. The number of hydrogen-bond donors (Lipinski definition) is 1. The fourth-order valence-corrected chi connectivity index (χ4v) is 3.24. The highest BCUT2D eigenvalue weighted by Crippen LogP contribution is 2.16. The molecule has 0 bridgehead atoms. The van der Waals surface area contributed by atoms with Crippen LogP contribution in [0.2, 0.25) is 0 Å². The van der Waals surface area contributed by atoms with E-state index in [0.29, 0.717) is 6.04 Å². The van der Waals surface area contributed by atoms with Gasteiger partial charge >= 0.3 is 0 Å². The molecule has 1 rings (SSSR count). The summed E-state index contributed by atoms with van der Waals surface area (Å²) in [4.78, 5) is 7.26. The summed E-state index contributed by atoms with van der Waals surface area (Å²) in [5.41, 5.74) is 1.19. The first-order valence-electron chi connectivity index (χ1n) is 8.12. The summed E-state index contributed by atoms with van der Waals surface area (Å²) in [5.74, 6) is 0. The van der Waals surface area contributed by atoms with E-state index in [1.54, 1.807) is 18.4 Å². The summed E-state index contributed by atoms with van der Waals surface area (Å²) in [6.45, 7) is 11.3. The smallest absolute Gasteiger partial charge is 0.107 e. The van der Waals surface area contributed by atoms with Crippen molar-refractivity contribution in [2.75, 3.05) is 26.8 Å². The predicted molar refractivity (Wildman–Crippen MR) is 90.8 cm³/mol. The first kappa shape index (κ1) is 18.6. The predicted octanol–water partition coefficient (Wildman–Crippen LogP) is 3.28. The van der Waals surface area contributed by atoms with Crippen LogP contribution in [0.25, 0.3) is 0 Å². The zero-order valence-corrected chi connectivity index (χ0v) is 14.8. The number of hydrogen-bond acceptors (Lipinski definition) is 5. The van der Waals surface area contributed by atoms with Crippen molar-refractivity contribution >= 4 is 11.3 Å². The van der Waals surface area contributed by atoms with Crippen molar-refractivity contribution in [2.45, 2.75) is 59.2 Å². The molecule has 0 atom stereocenters. The summed E-state index contributed by atoms with van der Waals surface area (Å²) in [6.07, 6.45) is 3.52. The molecule has 0 amide bonds. The van der Waals surface area contributed by atoms with Crippen LogP contribution in [0.3, 0.4) is 0 Å². The summed E-state index contributed by atoms with van der Waals surface area (Å²) in [6, 6.07) is 0.614. The lowest BCUT2D eigenvalue weighted by molar-refractivity contribution is 0.109. The Morgan fingerprint density at radius 2 is 2.10 bits per heavy atom. The highest BCUT2D eigenvalue weighted by atomic mass is 32.1. The fourth-order valence-electron chi connectivity index (χ4n) is 2.49. The molecule has 0 aliphatic heterocycles. The lowest BCUT2D eigenvalue weighted by atomic mass is 10.1. The molecule has 0 aliphatic rings. The SMILES string of the molecule is CCCNCc1nc(CN(CCOC)C(CC)CC)cs1. The summed E-state index contributed by atoms with van der Waals surface area (Å²) >= 11 is 1.76. The monoisotopic (exact) mass is 313 g/mol. The quantitative estimate of drug-likeness (QED) is 0.601. The van der Waals surface area contributed by atoms with E-state index in [4.69, 9.17) is 9.72 Å². The van der Waals surface area contributed by atoms with Crippen molar-refractivity contribution in [1.29, 1.82) is 0 Å². The third-order valence-electron chi connectivity index (χ3n) is 3.71. The average Bonchev–Trinajstić information content (AvgIpc) is 2.93. The molecule has 0 aromatic carbocycles. The van der Waals surface area contributed by atoms with E-state index >= 15 is 0 Å². The molecule has 1 aromatic rings. The number of thiazole rings is 1. The minimum absolute atomic E-state index is 0.614. The van der Waals surface area contributed by atoms with Gasteiger partial charge in [0.25, 0.3) is 0 Å². The Balaban J connectivity index is 2.56. The molecule has 0 aliphatic carbocycles. The maximum atomic E-state index is 5.25. The van der Waals surface area contributed by atoms with Crippen molar-refractivity contribution in [2.24, 2.45) is 0 Å². The Bertz CT molecular complexity index is 366. The van der Waals surface area contributed by atoms with E-state index in [9.17, 15) is 0 Å². The number of methoxy groups -OCH3 is 1. The van der Waals surface area contributed by atoms with Crippen molar-refractivity contribution in [3.63, 3.8) is 0 Å². The van der Waals surface area contributed by atoms with Gasteiger partial charge in [-0.1, -0.05) is 20.8 Å². The molecular formula is C16H31N3OS. The molecule has 4 nitrogen and oxygen atoms in total. The lowest BCUT2D eigenvalue weighted by Gasteiger charge is -2.29. The standard InChI is InChI=1S/C16H31N3OS/c1-5-8-17-11-16-18-14(13-21-16)12-19(9-10-20-4)15(6-2)7-3/h13,15,17H,5-12H2,1-4H3. The molecule has 0 unspecified atom stereocenters. The van der Waals surface area contributed by atoms with Crippen LogP contribution in [-0.4, -0.2) is 42.7 Å². The van der Waals surface area contributed by atoms with Gasteiger partial charge in [0.2, 0.25) is 0 Å². The average molecular weight is 314 g/mol. The van der Waals surface area contributed by atoms with Gasteiger partial charge in [-0.05, 0) is 25.8 Å². The van der Waals surface area contributed by atoms with Crippen molar-refractivity contribution in [3.05, 3.63) is 16.1 Å². The number of nitrogens with one attached hydrogen (secondary N) is 1. The Morgan fingerprint density at radius 1 is 1.33 bits per heavy atom. The van der Waals surface area contributed by atoms with Gasteiger partial charge in [-0.15, -0.1) is 11.3 Å². The maximum Gasteiger partial charge on any atom is 0.107 e. The Morgan fingerprint density at radius 3 is 2.71 bits per heavy atom. The molecule has 5 heteroatoms. The Labute approximate surface area is 133 Å². The third kappa shape index (κ3) is 6.87. The first-order chi connectivity index (χ1) is 10.2. The molecule has 1 N–H and O–H groups in total. The lowest BCUT2D eigenvalue weighted by Crippen LogP contribution is -2.36. The summed E-state index contributed by atoms with van der Waals surface area (Å²) in [5, 5.41) is 6.80. The van der Waals surface area contributed by atoms with E-state index in [0.717, 1.165) is 39.2 Å². The van der Waals surface area contributed by atoms with E-state index in [-0.39, 0.29) is 0 Å². The normalized spacial score (nSPS) is 11.7. The second-order valence-electron chi connectivity index (χ2n) is 5.34. The highest BCUT2D eigenvalue weighted by Gasteiger charge is 2.16. The largest absolute Gasteiger partial charge is 0.383 e. The van der Waals surface area contributed by atoms with Crippen LogP contribution in [-0.2, 0) is 17.8 Å². The minimum Gasteiger partial charge on any atom is -0.383 e. The van der Waals surface area contributed by atoms with E-state index in [1.165, 1.54) is 23.5 Å². The first-order valence-corrected chi connectivity index (χ1v) is 8.99. The van der Waals surface area contributed by atoms with Crippen molar-refractivity contribution < 1.29 is 4.74 Å². The molecule has 1 heterocycles. The highest BCUT2D eigenvalue weighted by molar-refractivity contribution is 7.09. The van der Waals surface area contributed by atoms with Crippen LogP contribution in [0.15, 0.2) is 5.38 Å². The summed E-state index contributed by atoms with van der Waals surface area (Å²) in [7, 11) is 1.77. The van der Waals surface area contributed by atoms with Crippen molar-refractivity contribution in [3.8, 4) is 0 Å². The van der Waals surface area contributed by atoms with Gasteiger partial charge < -0.3 is 10.1 Å². The molecular weight excluding hydrogens is 282 g/mol. The topological polar surface area (TPSA) is 37.4 Å². The van der Waals surface area contributed by atoms with Gasteiger partial charge in [0.05, 0.1) is 12.3 Å². The molecule has 0 spiro atoms. The second kappa shape index (κ2) is 11.1. The van der Waals surface area contributed by atoms with Gasteiger partial charge in [0, 0.05) is 38.2 Å². The van der Waals surface area contributed by atoms with Crippen LogP contribution in [0.1, 0.15) is 50.7 Å². The number of rotatable bonds is 12. The molecule has 122 valence electrons.